The van der Waals surface area contributed by atoms with Crippen LogP contribution in [0.5, 0.6) is 5.75 Å². The zero-order chi connectivity index (χ0) is 26.0. The highest BCUT2D eigenvalue weighted by Gasteiger charge is 2.64. The third-order valence-corrected chi connectivity index (χ3v) is 8.47. The molecule has 6 rings (SSSR count). The number of methoxy groups -OCH3 is 1. The van der Waals surface area contributed by atoms with Crippen molar-refractivity contribution in [2.24, 2.45) is 11.8 Å². The van der Waals surface area contributed by atoms with Gasteiger partial charge in [-0.2, -0.15) is 0 Å². The maximum absolute atomic E-state index is 14.1. The van der Waals surface area contributed by atoms with Crippen LogP contribution in [0.3, 0.4) is 0 Å². The number of benzene rings is 3. The van der Waals surface area contributed by atoms with Gasteiger partial charge in [0.2, 0.25) is 11.8 Å². The Morgan fingerprint density at radius 3 is 2.46 bits per heavy atom. The van der Waals surface area contributed by atoms with Crippen LogP contribution in [0.2, 0.25) is 10.0 Å². The van der Waals surface area contributed by atoms with Gasteiger partial charge in [0.1, 0.15) is 11.8 Å². The van der Waals surface area contributed by atoms with E-state index in [1.807, 2.05) is 41.4 Å². The van der Waals surface area contributed by atoms with E-state index in [1.54, 1.807) is 37.4 Å². The van der Waals surface area contributed by atoms with E-state index in [0.717, 1.165) is 16.0 Å². The predicted molar refractivity (Wildman–Crippen MR) is 145 cm³/mol. The predicted octanol–water partition coefficient (Wildman–Crippen LogP) is 6.16. The molecular weight excluding hydrogens is 579 g/mol. The van der Waals surface area contributed by atoms with E-state index < -0.39 is 29.8 Å². The number of imide groups is 1. The molecule has 3 aromatic rings. The Bertz CT molecular complexity index is 1520. The quantitative estimate of drug-likeness (QED) is 0.266. The van der Waals surface area contributed by atoms with Crippen LogP contribution < -0.4 is 9.64 Å². The highest BCUT2D eigenvalue weighted by Crippen LogP contribution is 2.54. The molecule has 3 aromatic carbocycles. The van der Waals surface area contributed by atoms with Crippen molar-refractivity contribution in [1.82, 2.24) is 4.90 Å². The molecule has 4 atom stereocenters. The van der Waals surface area contributed by atoms with Crippen molar-refractivity contribution in [2.75, 3.05) is 12.0 Å². The van der Waals surface area contributed by atoms with Crippen LogP contribution in [0, 0.1) is 11.8 Å². The minimum absolute atomic E-state index is 0.192. The Labute approximate surface area is 231 Å². The van der Waals surface area contributed by atoms with Crippen molar-refractivity contribution in [3.63, 3.8) is 0 Å². The lowest BCUT2D eigenvalue weighted by molar-refractivity contribution is -0.123. The summed E-state index contributed by atoms with van der Waals surface area (Å²) in [6, 6.07) is 16.1. The molecule has 186 valence electrons. The van der Waals surface area contributed by atoms with Crippen molar-refractivity contribution in [2.45, 2.75) is 12.1 Å². The van der Waals surface area contributed by atoms with Crippen molar-refractivity contribution < 1.29 is 19.1 Å². The molecule has 9 heteroatoms. The summed E-state index contributed by atoms with van der Waals surface area (Å²) >= 11 is 15.9. The number of nitrogens with zero attached hydrogens (tertiary/aromatic N) is 2. The number of hydrogen-bond acceptors (Lipinski definition) is 5. The van der Waals surface area contributed by atoms with Crippen molar-refractivity contribution >= 4 is 68.5 Å². The SMILES string of the molecule is COc1ccc(C(=O)[C@@H]2[C@@H]3C(=O)N(c4ccc(Cl)cc4Cl)C(=O)[C@H]3[C@@H]3c4ccccc4C=CN23)cc1Br. The molecule has 3 aliphatic rings. The third-order valence-electron chi connectivity index (χ3n) is 7.32. The Morgan fingerprint density at radius 2 is 1.73 bits per heavy atom. The topological polar surface area (TPSA) is 66.9 Å². The lowest BCUT2D eigenvalue weighted by Crippen LogP contribution is -2.44. The van der Waals surface area contributed by atoms with Gasteiger partial charge in [0, 0.05) is 16.8 Å². The van der Waals surface area contributed by atoms with Gasteiger partial charge in [-0.1, -0.05) is 47.5 Å². The largest absolute Gasteiger partial charge is 0.496 e. The van der Waals surface area contributed by atoms with E-state index >= 15 is 0 Å². The van der Waals surface area contributed by atoms with Crippen LogP contribution in [0.15, 0.2) is 71.3 Å². The van der Waals surface area contributed by atoms with Gasteiger partial charge >= 0.3 is 0 Å². The van der Waals surface area contributed by atoms with Crippen LogP contribution in [-0.2, 0) is 9.59 Å². The van der Waals surface area contributed by atoms with E-state index in [4.69, 9.17) is 27.9 Å². The number of hydrogen-bond donors (Lipinski definition) is 0. The molecule has 0 N–H and O–H groups in total. The molecule has 0 aromatic heterocycles. The molecule has 6 nitrogen and oxygen atoms in total. The first kappa shape index (κ1) is 24.2. The fourth-order valence-electron chi connectivity index (χ4n) is 5.75. The lowest BCUT2D eigenvalue weighted by Gasteiger charge is -2.35. The van der Waals surface area contributed by atoms with E-state index in [0.29, 0.717) is 20.8 Å². The average molecular weight is 598 g/mol. The van der Waals surface area contributed by atoms with Gasteiger partial charge in [0.05, 0.1) is 40.2 Å². The Hall–Kier alpha value is -3.13. The normalized spacial score (nSPS) is 23.7. The minimum Gasteiger partial charge on any atom is -0.496 e. The summed E-state index contributed by atoms with van der Waals surface area (Å²) in [5.41, 5.74) is 2.52. The molecule has 0 radical (unpaired) electrons. The summed E-state index contributed by atoms with van der Waals surface area (Å²) in [6.07, 6.45) is 3.74. The average Bonchev–Trinajstić information content (AvgIpc) is 3.36. The first-order valence-electron chi connectivity index (χ1n) is 11.6. The summed E-state index contributed by atoms with van der Waals surface area (Å²) < 4.78 is 5.93. The van der Waals surface area contributed by atoms with E-state index in [1.165, 1.54) is 6.07 Å². The molecule has 0 saturated carbocycles. The molecule has 0 unspecified atom stereocenters. The molecule has 2 saturated heterocycles. The lowest BCUT2D eigenvalue weighted by atomic mass is 9.83. The summed E-state index contributed by atoms with van der Waals surface area (Å²) in [6.45, 7) is 0. The van der Waals surface area contributed by atoms with Gasteiger partial charge in [-0.15, -0.1) is 0 Å². The molecule has 2 amide bonds. The van der Waals surface area contributed by atoms with E-state index in [-0.39, 0.29) is 22.4 Å². The highest BCUT2D eigenvalue weighted by atomic mass is 79.9. The second-order valence-corrected chi connectivity index (χ2v) is 10.9. The number of Topliss-reactive ketones (excluding diaryl/α,β-unsaturated/α-hetero) is 1. The summed E-state index contributed by atoms with van der Waals surface area (Å²) in [7, 11) is 1.54. The zero-order valence-electron chi connectivity index (χ0n) is 19.4. The summed E-state index contributed by atoms with van der Waals surface area (Å²) in [5, 5.41) is 0.584. The van der Waals surface area contributed by atoms with Gasteiger partial charge in [-0.25, -0.2) is 4.90 Å². The molecule has 0 bridgehead atoms. The van der Waals surface area contributed by atoms with Gasteiger partial charge < -0.3 is 9.64 Å². The summed E-state index contributed by atoms with van der Waals surface area (Å²) in [4.78, 5) is 45.0. The minimum atomic E-state index is -0.895. The van der Waals surface area contributed by atoms with Crippen molar-refractivity contribution in [3.8, 4) is 5.75 Å². The number of halogens is 3. The number of amides is 2. The molecule has 0 spiro atoms. The van der Waals surface area contributed by atoms with Gasteiger partial charge in [-0.3, -0.25) is 14.4 Å². The maximum Gasteiger partial charge on any atom is 0.240 e. The highest BCUT2D eigenvalue weighted by molar-refractivity contribution is 9.10. The molecule has 0 aliphatic carbocycles. The Morgan fingerprint density at radius 1 is 0.973 bits per heavy atom. The molecular formula is C28H19BrCl2N2O4. The maximum atomic E-state index is 14.1. The van der Waals surface area contributed by atoms with Gasteiger partial charge in [0.25, 0.3) is 0 Å². The summed E-state index contributed by atoms with van der Waals surface area (Å²) in [5.74, 6) is -2.17. The smallest absolute Gasteiger partial charge is 0.240 e. The fraction of sp³-hybridized carbons (Fsp3) is 0.179. The number of ether oxygens (including phenoxy) is 1. The second-order valence-electron chi connectivity index (χ2n) is 9.15. The first-order valence-corrected chi connectivity index (χ1v) is 13.1. The molecule has 37 heavy (non-hydrogen) atoms. The number of fused-ring (bicyclic) bond motifs is 5. The Balaban J connectivity index is 1.49. The van der Waals surface area contributed by atoms with E-state index in [2.05, 4.69) is 15.9 Å². The van der Waals surface area contributed by atoms with Crippen LogP contribution in [-0.4, -0.2) is 35.6 Å². The number of rotatable bonds is 4. The third kappa shape index (κ3) is 3.63. The van der Waals surface area contributed by atoms with Gasteiger partial charge in [-0.05, 0) is 69.5 Å². The first-order chi connectivity index (χ1) is 17.8. The molecule has 2 fully saturated rings. The standard InChI is InChI=1S/C28H19BrCl2N2O4/c1-37-21-9-6-15(12-18(21)29)26(34)25-23-22(24-17-5-3-2-4-14(17)10-11-32(24)25)27(35)33(28(23)36)20-8-7-16(30)13-19(20)31/h2-13,22-25H,1H3/t22-,23-,24+,25+/m1/s1. The zero-order valence-corrected chi connectivity index (χ0v) is 22.5. The number of carbonyl (C=O) groups excluding carboxylic acids is 3. The van der Waals surface area contributed by atoms with Crippen molar-refractivity contribution in [1.29, 1.82) is 0 Å². The van der Waals surface area contributed by atoms with Crippen LogP contribution in [0.1, 0.15) is 27.5 Å². The second kappa shape index (κ2) is 9.01. The Kier molecular flexibility index (Phi) is 5.90. The van der Waals surface area contributed by atoms with Crippen LogP contribution in [0.25, 0.3) is 6.08 Å². The van der Waals surface area contributed by atoms with Crippen LogP contribution >= 0.6 is 39.1 Å². The number of ketones is 1. The van der Waals surface area contributed by atoms with Crippen molar-refractivity contribution in [3.05, 3.63) is 98.1 Å². The fourth-order valence-corrected chi connectivity index (χ4v) is 6.78. The molecule has 3 aliphatic heterocycles. The van der Waals surface area contributed by atoms with Gasteiger partial charge in [0.15, 0.2) is 5.78 Å². The van der Waals surface area contributed by atoms with E-state index in [9.17, 15) is 14.4 Å². The van der Waals surface area contributed by atoms with Crippen LogP contribution in [0.4, 0.5) is 5.69 Å². The number of carbonyl (C=O) groups is 3. The monoisotopic (exact) mass is 596 g/mol. The molecule has 3 heterocycles. The number of anilines is 1.